The van der Waals surface area contributed by atoms with Crippen LogP contribution in [0.2, 0.25) is 0 Å². The third-order valence-corrected chi connectivity index (χ3v) is 2.99. The molecule has 2 amide bonds. The van der Waals surface area contributed by atoms with Crippen LogP contribution in [0.4, 0.5) is 10.6 Å². The highest BCUT2D eigenvalue weighted by Crippen LogP contribution is 2.17. The summed E-state index contributed by atoms with van der Waals surface area (Å²) in [6.45, 7) is 7.66. The van der Waals surface area contributed by atoms with Gasteiger partial charge < -0.3 is 15.5 Å². The highest BCUT2D eigenvalue weighted by atomic mass is 16.2. The Bertz CT molecular complexity index is 427. The quantitative estimate of drug-likeness (QED) is 0.854. The summed E-state index contributed by atoms with van der Waals surface area (Å²) in [7, 11) is 0. The van der Waals surface area contributed by atoms with Crippen LogP contribution in [0, 0.1) is 0 Å². The van der Waals surface area contributed by atoms with Crippen LogP contribution < -0.4 is 15.5 Å². The van der Waals surface area contributed by atoms with E-state index < -0.39 is 0 Å². The fourth-order valence-electron chi connectivity index (χ4n) is 2.19. The number of rotatable bonds is 2. The minimum Gasteiger partial charge on any atom is -0.354 e. The van der Waals surface area contributed by atoms with Crippen molar-refractivity contribution < 1.29 is 4.79 Å². The minimum absolute atomic E-state index is 0.0969. The second-order valence-corrected chi connectivity index (χ2v) is 5.97. The first-order chi connectivity index (χ1) is 8.94. The van der Waals surface area contributed by atoms with E-state index >= 15 is 0 Å². The van der Waals surface area contributed by atoms with Gasteiger partial charge in [-0.2, -0.15) is 0 Å². The predicted molar refractivity (Wildman–Crippen MR) is 76.3 cm³/mol. The summed E-state index contributed by atoms with van der Waals surface area (Å²) in [5, 5.41) is 5.93. The van der Waals surface area contributed by atoms with Gasteiger partial charge in [-0.1, -0.05) is 6.07 Å². The van der Waals surface area contributed by atoms with Crippen molar-refractivity contribution in [2.24, 2.45) is 0 Å². The van der Waals surface area contributed by atoms with Gasteiger partial charge in [-0.3, -0.25) is 0 Å². The molecule has 1 aromatic rings. The number of hydrogen-bond donors (Lipinski definition) is 2. The second-order valence-electron chi connectivity index (χ2n) is 5.97. The normalized spacial score (nSPS) is 19.3. The molecule has 2 heterocycles. The Morgan fingerprint density at radius 1 is 1.42 bits per heavy atom. The van der Waals surface area contributed by atoms with Crippen molar-refractivity contribution in [3.8, 4) is 0 Å². The van der Waals surface area contributed by atoms with Crippen LogP contribution in [-0.4, -0.2) is 35.7 Å². The van der Waals surface area contributed by atoms with E-state index in [1.807, 2.05) is 39.0 Å². The molecule has 0 saturated carbocycles. The monoisotopic (exact) mass is 262 g/mol. The zero-order chi connectivity index (χ0) is 13.9. The Labute approximate surface area is 114 Å². The third-order valence-electron chi connectivity index (χ3n) is 2.99. The molecular weight excluding hydrogens is 240 g/mol. The van der Waals surface area contributed by atoms with Crippen molar-refractivity contribution in [2.75, 3.05) is 18.0 Å². The summed E-state index contributed by atoms with van der Waals surface area (Å²) in [5.41, 5.74) is -0.205. The standard InChI is InChI=1S/C14H22N4O/c1-14(2,3)17-13(19)16-11-7-9-18(10-11)12-6-4-5-8-15-12/h4-6,8,11H,7,9-10H2,1-3H3,(H2,16,17,19). The molecule has 1 fully saturated rings. The molecule has 0 aromatic carbocycles. The minimum atomic E-state index is -0.205. The predicted octanol–water partition coefficient (Wildman–Crippen LogP) is 1.76. The van der Waals surface area contributed by atoms with E-state index in [1.165, 1.54) is 0 Å². The van der Waals surface area contributed by atoms with Crippen LogP contribution in [0.15, 0.2) is 24.4 Å². The molecule has 0 aliphatic carbocycles. The number of carbonyl (C=O) groups excluding carboxylic acids is 1. The van der Waals surface area contributed by atoms with Gasteiger partial charge in [-0.15, -0.1) is 0 Å². The number of nitrogens with one attached hydrogen (secondary N) is 2. The Kier molecular flexibility index (Phi) is 3.93. The molecule has 2 rings (SSSR count). The second kappa shape index (κ2) is 5.47. The molecule has 1 aromatic heterocycles. The molecule has 0 radical (unpaired) electrons. The van der Waals surface area contributed by atoms with Crippen LogP contribution in [0.3, 0.4) is 0 Å². The van der Waals surface area contributed by atoms with Gasteiger partial charge in [-0.25, -0.2) is 9.78 Å². The number of carbonyl (C=O) groups is 1. The summed E-state index contributed by atoms with van der Waals surface area (Å²) in [6.07, 6.45) is 2.75. The first kappa shape index (κ1) is 13.6. The lowest BCUT2D eigenvalue weighted by Gasteiger charge is -2.23. The zero-order valence-electron chi connectivity index (χ0n) is 11.8. The van der Waals surface area contributed by atoms with Crippen molar-refractivity contribution in [3.05, 3.63) is 24.4 Å². The molecule has 1 atom stereocenters. The zero-order valence-corrected chi connectivity index (χ0v) is 11.8. The average molecular weight is 262 g/mol. The van der Waals surface area contributed by atoms with E-state index in [9.17, 15) is 4.79 Å². The molecule has 19 heavy (non-hydrogen) atoms. The van der Waals surface area contributed by atoms with Crippen LogP contribution in [0.1, 0.15) is 27.2 Å². The number of aromatic nitrogens is 1. The molecule has 5 nitrogen and oxygen atoms in total. The van der Waals surface area contributed by atoms with E-state index in [-0.39, 0.29) is 17.6 Å². The van der Waals surface area contributed by atoms with E-state index in [0.717, 1.165) is 25.3 Å². The lowest BCUT2D eigenvalue weighted by molar-refractivity contribution is 0.229. The van der Waals surface area contributed by atoms with E-state index in [2.05, 4.69) is 20.5 Å². The lowest BCUT2D eigenvalue weighted by atomic mass is 10.1. The summed E-state index contributed by atoms with van der Waals surface area (Å²) in [5.74, 6) is 0.975. The third kappa shape index (κ3) is 4.12. The van der Waals surface area contributed by atoms with Gasteiger partial charge in [0.2, 0.25) is 0 Å². The van der Waals surface area contributed by atoms with Crippen molar-refractivity contribution in [3.63, 3.8) is 0 Å². The maximum absolute atomic E-state index is 11.8. The van der Waals surface area contributed by atoms with E-state index in [0.29, 0.717) is 0 Å². The molecule has 1 unspecified atom stereocenters. The fourth-order valence-corrected chi connectivity index (χ4v) is 2.19. The van der Waals surface area contributed by atoms with Gasteiger partial charge in [0.1, 0.15) is 5.82 Å². The van der Waals surface area contributed by atoms with Crippen molar-refractivity contribution >= 4 is 11.8 Å². The van der Waals surface area contributed by atoms with Crippen LogP contribution in [0.5, 0.6) is 0 Å². The smallest absolute Gasteiger partial charge is 0.315 e. The summed E-state index contributed by atoms with van der Waals surface area (Å²) >= 11 is 0. The maximum atomic E-state index is 11.8. The summed E-state index contributed by atoms with van der Waals surface area (Å²) in [4.78, 5) is 18.3. The molecule has 0 bridgehead atoms. The fraction of sp³-hybridized carbons (Fsp3) is 0.571. The molecule has 5 heteroatoms. The molecule has 1 aliphatic heterocycles. The number of urea groups is 1. The first-order valence-electron chi connectivity index (χ1n) is 6.69. The van der Waals surface area contributed by atoms with Gasteiger partial charge in [0.25, 0.3) is 0 Å². The highest BCUT2D eigenvalue weighted by molar-refractivity contribution is 5.75. The number of amides is 2. The van der Waals surface area contributed by atoms with Crippen LogP contribution in [-0.2, 0) is 0 Å². The largest absolute Gasteiger partial charge is 0.354 e. The number of nitrogens with zero attached hydrogens (tertiary/aromatic N) is 2. The van der Waals surface area contributed by atoms with Gasteiger partial charge in [0, 0.05) is 30.9 Å². The molecule has 2 N–H and O–H groups in total. The Hall–Kier alpha value is -1.78. The highest BCUT2D eigenvalue weighted by Gasteiger charge is 2.25. The van der Waals surface area contributed by atoms with Gasteiger partial charge in [-0.05, 0) is 39.3 Å². The summed E-state index contributed by atoms with van der Waals surface area (Å²) in [6, 6.07) is 5.98. The first-order valence-corrected chi connectivity index (χ1v) is 6.69. The molecule has 0 spiro atoms. The van der Waals surface area contributed by atoms with Gasteiger partial charge >= 0.3 is 6.03 Å². The SMILES string of the molecule is CC(C)(C)NC(=O)NC1CCN(c2ccccn2)C1. The number of pyridine rings is 1. The number of anilines is 1. The van der Waals surface area contributed by atoms with Crippen LogP contribution in [0.25, 0.3) is 0 Å². The van der Waals surface area contributed by atoms with Crippen molar-refractivity contribution in [1.29, 1.82) is 0 Å². The molecular formula is C14H22N4O. The van der Waals surface area contributed by atoms with Crippen LogP contribution >= 0.6 is 0 Å². The number of hydrogen-bond acceptors (Lipinski definition) is 3. The van der Waals surface area contributed by atoms with Gasteiger partial charge in [0.15, 0.2) is 0 Å². The molecule has 1 aliphatic rings. The average Bonchev–Trinajstić information content (AvgIpc) is 2.76. The maximum Gasteiger partial charge on any atom is 0.315 e. The summed E-state index contributed by atoms with van der Waals surface area (Å²) < 4.78 is 0. The lowest BCUT2D eigenvalue weighted by Crippen LogP contribution is -2.50. The Morgan fingerprint density at radius 2 is 2.21 bits per heavy atom. The van der Waals surface area contributed by atoms with Crippen molar-refractivity contribution in [1.82, 2.24) is 15.6 Å². The van der Waals surface area contributed by atoms with E-state index in [4.69, 9.17) is 0 Å². The topological polar surface area (TPSA) is 57.3 Å². The van der Waals surface area contributed by atoms with E-state index in [1.54, 1.807) is 6.20 Å². The molecule has 1 saturated heterocycles. The Balaban J connectivity index is 1.84. The van der Waals surface area contributed by atoms with Gasteiger partial charge in [0.05, 0.1) is 0 Å². The Morgan fingerprint density at radius 3 is 2.84 bits per heavy atom. The van der Waals surface area contributed by atoms with Crippen molar-refractivity contribution in [2.45, 2.75) is 38.8 Å². The molecule has 104 valence electrons.